The first-order chi connectivity index (χ1) is 5.77. The lowest BCUT2D eigenvalue weighted by molar-refractivity contribution is 0.112. The molecule has 70 valence electrons. The zero-order valence-electron chi connectivity index (χ0n) is 7.11. The smallest absolute Gasteiger partial charge is 0.212 e. The van der Waals surface area contributed by atoms with Crippen LogP contribution >= 0.6 is 12.4 Å². The van der Waals surface area contributed by atoms with Crippen molar-refractivity contribution in [2.24, 2.45) is 0 Å². The van der Waals surface area contributed by atoms with Crippen LogP contribution in [-0.2, 0) is 4.74 Å². The van der Waals surface area contributed by atoms with Gasteiger partial charge in [-0.25, -0.2) is 0 Å². The molecular weight excluding hydrogens is 190 g/mol. The average Bonchev–Trinajstić information content (AvgIpc) is 2.17. The van der Waals surface area contributed by atoms with Crippen molar-refractivity contribution in [3.8, 4) is 0 Å². The molecule has 4 heteroatoms. The van der Waals surface area contributed by atoms with Gasteiger partial charge in [-0.1, -0.05) is 12.1 Å². The van der Waals surface area contributed by atoms with Crippen LogP contribution in [0.5, 0.6) is 0 Å². The van der Waals surface area contributed by atoms with Gasteiger partial charge in [0.2, 0.25) is 5.90 Å². The van der Waals surface area contributed by atoms with Gasteiger partial charge in [0, 0.05) is 11.1 Å². The number of carbonyl (C=O) groups excluding carboxylic acids is 1. The number of hydrogen-bond acceptors (Lipinski definition) is 3. The van der Waals surface area contributed by atoms with Crippen molar-refractivity contribution in [2.45, 2.75) is 0 Å². The van der Waals surface area contributed by atoms with Crippen LogP contribution in [0.3, 0.4) is 0 Å². The van der Waals surface area contributed by atoms with E-state index in [1.807, 2.05) is 0 Å². The van der Waals surface area contributed by atoms with Crippen molar-refractivity contribution >= 4 is 24.6 Å². The fourth-order valence-electron chi connectivity index (χ4n) is 0.871. The summed E-state index contributed by atoms with van der Waals surface area (Å²) in [4.78, 5) is 10.4. The number of carbonyl (C=O) groups is 1. The normalized spacial score (nSPS) is 8.38. The molecule has 1 aromatic carbocycles. The molecule has 0 radical (unpaired) electrons. The largest absolute Gasteiger partial charge is 0.481 e. The van der Waals surface area contributed by atoms with Gasteiger partial charge in [0.05, 0.1) is 7.11 Å². The van der Waals surface area contributed by atoms with Crippen molar-refractivity contribution in [1.82, 2.24) is 0 Å². The second-order valence-electron chi connectivity index (χ2n) is 2.28. The Kier molecular flexibility index (Phi) is 4.77. The van der Waals surface area contributed by atoms with Crippen LogP contribution in [0.25, 0.3) is 0 Å². The molecule has 0 fully saturated rings. The van der Waals surface area contributed by atoms with Gasteiger partial charge in [0.1, 0.15) is 6.29 Å². The number of hydrogen-bond donors (Lipinski definition) is 1. The first-order valence-electron chi connectivity index (χ1n) is 3.46. The molecule has 1 aromatic rings. The van der Waals surface area contributed by atoms with Crippen LogP contribution < -0.4 is 0 Å². The molecule has 3 nitrogen and oxygen atoms in total. The number of ether oxygens (including phenoxy) is 1. The lowest BCUT2D eigenvalue weighted by Crippen LogP contribution is -2.01. The highest BCUT2D eigenvalue weighted by Gasteiger charge is 2.00. The summed E-state index contributed by atoms with van der Waals surface area (Å²) in [6, 6.07) is 6.73. The first kappa shape index (κ1) is 11.6. The Bertz CT molecular complexity index is 312. The van der Waals surface area contributed by atoms with Gasteiger partial charge in [-0.2, -0.15) is 0 Å². The van der Waals surface area contributed by atoms with Gasteiger partial charge in [0.25, 0.3) is 0 Å². The molecule has 0 aromatic heterocycles. The molecule has 1 rings (SSSR count). The molecule has 0 aliphatic heterocycles. The molecule has 0 aliphatic rings. The Morgan fingerprint density at radius 3 is 2.77 bits per heavy atom. The summed E-state index contributed by atoms with van der Waals surface area (Å²) in [6.07, 6.45) is 0.742. The predicted molar refractivity (Wildman–Crippen MR) is 52.9 cm³/mol. The third-order valence-electron chi connectivity index (χ3n) is 1.49. The van der Waals surface area contributed by atoms with Crippen molar-refractivity contribution in [2.75, 3.05) is 7.11 Å². The number of nitrogens with one attached hydrogen (secondary N) is 1. The summed E-state index contributed by atoms with van der Waals surface area (Å²) < 4.78 is 4.70. The van der Waals surface area contributed by atoms with Gasteiger partial charge < -0.3 is 4.74 Å². The lowest BCUT2D eigenvalue weighted by Gasteiger charge is -2.01. The summed E-state index contributed by atoms with van der Waals surface area (Å²) in [5, 5.41) is 7.31. The van der Waals surface area contributed by atoms with Crippen molar-refractivity contribution < 1.29 is 9.53 Å². The molecule has 0 aliphatic carbocycles. The van der Waals surface area contributed by atoms with E-state index < -0.39 is 0 Å². The molecule has 0 atom stereocenters. The molecule has 0 heterocycles. The number of rotatable bonds is 2. The first-order valence-corrected chi connectivity index (χ1v) is 3.46. The SMILES string of the molecule is COC(=N)c1cccc(C=O)c1.Cl. The Labute approximate surface area is 82.6 Å². The maximum Gasteiger partial charge on any atom is 0.212 e. The molecule has 13 heavy (non-hydrogen) atoms. The quantitative estimate of drug-likeness (QED) is 0.449. The Morgan fingerprint density at radius 1 is 1.54 bits per heavy atom. The summed E-state index contributed by atoms with van der Waals surface area (Å²) >= 11 is 0. The number of halogens is 1. The zero-order chi connectivity index (χ0) is 8.97. The fraction of sp³-hybridized carbons (Fsp3) is 0.111. The van der Waals surface area contributed by atoms with Gasteiger partial charge >= 0.3 is 0 Å². The molecule has 0 bridgehead atoms. The maximum absolute atomic E-state index is 10.4. The molecule has 0 saturated carbocycles. The van der Waals surface area contributed by atoms with Crippen LogP contribution in [0.4, 0.5) is 0 Å². The predicted octanol–water partition coefficient (Wildman–Crippen LogP) is 1.89. The number of benzene rings is 1. The summed E-state index contributed by atoms with van der Waals surface area (Å²) in [7, 11) is 1.43. The van der Waals surface area contributed by atoms with Crippen molar-refractivity contribution in [3.63, 3.8) is 0 Å². The summed E-state index contributed by atoms with van der Waals surface area (Å²) in [5.41, 5.74) is 1.16. The third kappa shape index (κ3) is 2.87. The maximum atomic E-state index is 10.4. The highest BCUT2D eigenvalue weighted by atomic mass is 35.5. The van der Waals surface area contributed by atoms with Crippen molar-refractivity contribution in [1.29, 1.82) is 5.41 Å². The van der Waals surface area contributed by atoms with E-state index in [9.17, 15) is 4.79 Å². The second kappa shape index (κ2) is 5.32. The fourth-order valence-corrected chi connectivity index (χ4v) is 0.871. The number of methoxy groups -OCH3 is 1. The van der Waals surface area contributed by atoms with Crippen molar-refractivity contribution in [3.05, 3.63) is 35.4 Å². The highest BCUT2D eigenvalue weighted by molar-refractivity contribution is 5.93. The summed E-state index contributed by atoms with van der Waals surface area (Å²) in [5.74, 6) is 0.0682. The van der Waals surface area contributed by atoms with Crippen LogP contribution in [0, 0.1) is 5.41 Å². The van der Waals surface area contributed by atoms with Crippen LogP contribution in [-0.4, -0.2) is 19.3 Å². The van der Waals surface area contributed by atoms with E-state index in [0.717, 1.165) is 6.29 Å². The monoisotopic (exact) mass is 199 g/mol. The standard InChI is InChI=1S/C9H9NO2.ClH/c1-12-9(10)8-4-2-3-7(5-8)6-11;/h2-6,10H,1H3;1H. The topological polar surface area (TPSA) is 50.1 Å². The van der Waals surface area contributed by atoms with Gasteiger partial charge in [-0.3, -0.25) is 10.2 Å². The van der Waals surface area contributed by atoms with E-state index in [0.29, 0.717) is 11.1 Å². The molecule has 0 amide bonds. The van der Waals surface area contributed by atoms with Crippen LogP contribution in [0.1, 0.15) is 15.9 Å². The van der Waals surface area contributed by atoms with E-state index in [1.165, 1.54) is 7.11 Å². The van der Waals surface area contributed by atoms with E-state index >= 15 is 0 Å². The molecule has 1 N–H and O–H groups in total. The summed E-state index contributed by atoms with van der Waals surface area (Å²) in [6.45, 7) is 0. The number of aldehydes is 1. The second-order valence-corrected chi connectivity index (χ2v) is 2.28. The molecular formula is C9H10ClNO2. The average molecular weight is 200 g/mol. The van der Waals surface area contributed by atoms with Gasteiger partial charge in [-0.05, 0) is 12.1 Å². The van der Waals surface area contributed by atoms with Gasteiger partial charge in [-0.15, -0.1) is 12.4 Å². The minimum Gasteiger partial charge on any atom is -0.481 e. The Balaban J connectivity index is 0.00000144. The minimum atomic E-state index is 0. The highest BCUT2D eigenvalue weighted by Crippen LogP contribution is 2.03. The lowest BCUT2D eigenvalue weighted by atomic mass is 10.1. The van der Waals surface area contributed by atoms with E-state index in [-0.39, 0.29) is 18.3 Å². The molecule has 0 spiro atoms. The van der Waals surface area contributed by atoms with Crippen LogP contribution in [0.15, 0.2) is 24.3 Å². The molecule has 0 unspecified atom stereocenters. The van der Waals surface area contributed by atoms with Crippen LogP contribution in [0.2, 0.25) is 0 Å². The van der Waals surface area contributed by atoms with Gasteiger partial charge in [0.15, 0.2) is 0 Å². The third-order valence-corrected chi connectivity index (χ3v) is 1.49. The van der Waals surface area contributed by atoms with E-state index in [1.54, 1.807) is 24.3 Å². The Morgan fingerprint density at radius 2 is 2.23 bits per heavy atom. The zero-order valence-corrected chi connectivity index (χ0v) is 7.93. The van der Waals surface area contributed by atoms with E-state index in [4.69, 9.17) is 10.1 Å². The minimum absolute atomic E-state index is 0. The molecule has 0 saturated heterocycles. The van der Waals surface area contributed by atoms with E-state index in [2.05, 4.69) is 0 Å². The Hall–Kier alpha value is -1.35.